The molecule has 0 aliphatic rings. The van der Waals surface area contributed by atoms with Gasteiger partial charge in [-0.25, -0.2) is 0 Å². The summed E-state index contributed by atoms with van der Waals surface area (Å²) >= 11 is 6.42. The van der Waals surface area contributed by atoms with E-state index < -0.39 is 5.91 Å². The number of hydrogen-bond acceptors (Lipinski definition) is 6. The zero-order valence-electron chi connectivity index (χ0n) is 7.34. The van der Waals surface area contributed by atoms with E-state index in [4.69, 9.17) is 22.1 Å². The molecule has 1 aromatic rings. The van der Waals surface area contributed by atoms with Crippen LogP contribution in [0.15, 0.2) is 0 Å². The van der Waals surface area contributed by atoms with Crippen LogP contribution in [0.25, 0.3) is 0 Å². The van der Waals surface area contributed by atoms with Crippen LogP contribution >= 0.6 is 22.9 Å². The second-order valence-electron chi connectivity index (χ2n) is 2.34. The fourth-order valence-electron chi connectivity index (χ4n) is 0.797. The molecule has 0 aliphatic heterocycles. The lowest BCUT2D eigenvalue weighted by Crippen LogP contribution is -2.31. The molecular formula is C7H4ClN5OS. The van der Waals surface area contributed by atoms with Crippen molar-refractivity contribution in [3.8, 4) is 12.1 Å². The average molecular weight is 242 g/mol. The maximum atomic E-state index is 11.6. The average Bonchev–Trinajstić information content (AvgIpc) is 2.63. The van der Waals surface area contributed by atoms with E-state index in [9.17, 15) is 4.79 Å². The highest BCUT2D eigenvalue weighted by Gasteiger charge is 2.19. The summed E-state index contributed by atoms with van der Waals surface area (Å²) in [4.78, 5) is 12.7. The lowest BCUT2D eigenvalue weighted by molar-refractivity contribution is 0.0793. The number of aromatic nitrogens is 2. The molecule has 0 unspecified atom stereocenters. The SMILES string of the molecule is N#CCN(CC#N)C(=O)c1nnc(Cl)s1. The number of nitriles is 2. The van der Waals surface area contributed by atoms with Gasteiger partial charge in [0.05, 0.1) is 12.1 Å². The summed E-state index contributed by atoms with van der Waals surface area (Å²) in [7, 11) is 0. The smallest absolute Gasteiger partial charge is 0.286 e. The maximum absolute atomic E-state index is 11.6. The van der Waals surface area contributed by atoms with Crippen molar-refractivity contribution in [3.63, 3.8) is 0 Å². The van der Waals surface area contributed by atoms with E-state index in [0.29, 0.717) is 0 Å². The van der Waals surface area contributed by atoms with Gasteiger partial charge in [-0.05, 0) is 11.6 Å². The first-order valence-corrected chi connectivity index (χ1v) is 4.90. The Hall–Kier alpha value is -1.70. The fourth-order valence-corrected chi connectivity index (χ4v) is 1.59. The number of halogens is 1. The lowest BCUT2D eigenvalue weighted by Gasteiger charge is -2.12. The molecular weight excluding hydrogens is 238 g/mol. The minimum Gasteiger partial charge on any atom is -0.310 e. The van der Waals surface area contributed by atoms with Crippen molar-refractivity contribution in [1.82, 2.24) is 15.1 Å². The number of rotatable bonds is 3. The molecule has 15 heavy (non-hydrogen) atoms. The van der Waals surface area contributed by atoms with Crippen molar-refractivity contribution < 1.29 is 4.79 Å². The Balaban J connectivity index is 2.82. The van der Waals surface area contributed by atoms with Gasteiger partial charge in [-0.3, -0.25) is 4.79 Å². The number of carbonyl (C=O) groups excluding carboxylic acids is 1. The predicted molar refractivity (Wildman–Crippen MR) is 52.0 cm³/mol. The van der Waals surface area contributed by atoms with Gasteiger partial charge in [0, 0.05) is 0 Å². The molecule has 0 radical (unpaired) electrons. The van der Waals surface area contributed by atoms with Crippen LogP contribution in [-0.2, 0) is 0 Å². The van der Waals surface area contributed by atoms with Crippen LogP contribution in [0.4, 0.5) is 0 Å². The Labute approximate surface area is 94.3 Å². The molecule has 1 aromatic heterocycles. The van der Waals surface area contributed by atoms with Gasteiger partial charge in [0.25, 0.3) is 5.91 Å². The van der Waals surface area contributed by atoms with Gasteiger partial charge in [0.15, 0.2) is 0 Å². The van der Waals surface area contributed by atoms with Gasteiger partial charge in [0.1, 0.15) is 13.1 Å². The Morgan fingerprint density at radius 1 is 1.40 bits per heavy atom. The Kier molecular flexibility index (Phi) is 3.98. The van der Waals surface area contributed by atoms with Crippen LogP contribution in [0.2, 0.25) is 4.47 Å². The molecule has 0 aromatic carbocycles. The summed E-state index contributed by atoms with van der Waals surface area (Å²) in [6.07, 6.45) is 0. The molecule has 0 saturated carbocycles. The van der Waals surface area contributed by atoms with E-state index in [0.717, 1.165) is 16.2 Å². The Morgan fingerprint density at radius 3 is 2.40 bits per heavy atom. The molecule has 76 valence electrons. The molecule has 0 N–H and O–H groups in total. The quantitative estimate of drug-likeness (QED) is 0.726. The minimum atomic E-state index is -0.512. The topological polar surface area (TPSA) is 93.7 Å². The van der Waals surface area contributed by atoms with Gasteiger partial charge in [0.2, 0.25) is 9.47 Å². The molecule has 0 aliphatic carbocycles. The molecule has 8 heteroatoms. The third-order valence-electron chi connectivity index (χ3n) is 1.39. The van der Waals surface area contributed by atoms with Gasteiger partial charge in [-0.15, -0.1) is 10.2 Å². The zero-order chi connectivity index (χ0) is 11.3. The molecule has 1 heterocycles. The van der Waals surface area contributed by atoms with Crippen LogP contribution < -0.4 is 0 Å². The predicted octanol–water partition coefficient (Wildman–Crippen LogP) is 0.681. The van der Waals surface area contributed by atoms with Crippen LogP contribution in [0.1, 0.15) is 9.80 Å². The van der Waals surface area contributed by atoms with Crippen LogP contribution in [0, 0.1) is 22.7 Å². The molecule has 1 amide bonds. The maximum Gasteiger partial charge on any atom is 0.286 e. The second-order valence-corrected chi connectivity index (χ2v) is 3.90. The summed E-state index contributed by atoms with van der Waals surface area (Å²) in [5.74, 6) is -0.512. The third kappa shape index (κ3) is 2.88. The van der Waals surface area contributed by atoms with Crippen molar-refractivity contribution in [3.05, 3.63) is 9.47 Å². The van der Waals surface area contributed by atoms with Crippen LogP contribution in [0.3, 0.4) is 0 Å². The van der Waals surface area contributed by atoms with E-state index in [-0.39, 0.29) is 22.6 Å². The Bertz CT molecular complexity index is 429. The normalized spacial score (nSPS) is 9.00. The minimum absolute atomic E-state index is 0.0745. The van der Waals surface area contributed by atoms with Gasteiger partial charge in [-0.2, -0.15) is 10.5 Å². The number of hydrogen-bond donors (Lipinski definition) is 0. The van der Waals surface area contributed by atoms with Gasteiger partial charge < -0.3 is 4.90 Å². The second kappa shape index (κ2) is 5.25. The number of amides is 1. The molecule has 0 spiro atoms. The van der Waals surface area contributed by atoms with E-state index in [1.54, 1.807) is 12.1 Å². The van der Waals surface area contributed by atoms with E-state index in [2.05, 4.69) is 10.2 Å². The monoisotopic (exact) mass is 241 g/mol. The molecule has 6 nitrogen and oxygen atoms in total. The summed E-state index contributed by atoms with van der Waals surface area (Å²) in [6.45, 7) is -0.326. The first-order valence-electron chi connectivity index (χ1n) is 3.71. The van der Waals surface area contributed by atoms with Gasteiger partial charge >= 0.3 is 0 Å². The van der Waals surface area contributed by atoms with Crippen LogP contribution in [0.5, 0.6) is 0 Å². The lowest BCUT2D eigenvalue weighted by atomic mass is 10.4. The van der Waals surface area contributed by atoms with E-state index >= 15 is 0 Å². The Morgan fingerprint density at radius 2 is 2.00 bits per heavy atom. The summed E-state index contributed by atoms with van der Waals surface area (Å²) in [5.41, 5.74) is 0. The van der Waals surface area contributed by atoms with Gasteiger partial charge in [-0.1, -0.05) is 11.3 Å². The van der Waals surface area contributed by atoms with Crippen molar-refractivity contribution in [2.45, 2.75) is 0 Å². The standard InChI is InChI=1S/C7H4ClN5OS/c8-7-12-11-5(15-7)6(14)13(3-1-9)4-2-10/h3-4H2. The molecule has 0 saturated heterocycles. The van der Waals surface area contributed by atoms with E-state index in [1.165, 1.54) is 0 Å². The highest BCUT2D eigenvalue weighted by molar-refractivity contribution is 7.17. The van der Waals surface area contributed by atoms with Crippen molar-refractivity contribution in [1.29, 1.82) is 10.5 Å². The first-order chi connectivity index (χ1) is 7.19. The largest absolute Gasteiger partial charge is 0.310 e. The van der Waals surface area contributed by atoms with Crippen molar-refractivity contribution in [2.75, 3.05) is 13.1 Å². The molecule has 1 rings (SSSR count). The first kappa shape index (κ1) is 11.4. The highest BCUT2D eigenvalue weighted by Crippen LogP contribution is 2.16. The van der Waals surface area contributed by atoms with Crippen molar-refractivity contribution >= 4 is 28.8 Å². The highest BCUT2D eigenvalue weighted by atomic mass is 35.5. The summed E-state index contributed by atoms with van der Waals surface area (Å²) < 4.78 is 0.146. The molecule has 0 atom stereocenters. The molecule has 0 bridgehead atoms. The zero-order valence-corrected chi connectivity index (χ0v) is 8.92. The number of carbonyl (C=O) groups is 1. The fraction of sp³-hybridized carbons (Fsp3) is 0.286. The van der Waals surface area contributed by atoms with E-state index in [1.807, 2.05) is 0 Å². The summed E-state index contributed by atoms with van der Waals surface area (Å²) in [5, 5.41) is 24.0. The van der Waals surface area contributed by atoms with Crippen LogP contribution in [-0.4, -0.2) is 34.1 Å². The third-order valence-corrected chi connectivity index (χ3v) is 2.40. The molecule has 0 fully saturated rings. The summed E-state index contributed by atoms with van der Waals surface area (Å²) in [6, 6.07) is 3.58. The number of nitrogens with zero attached hydrogens (tertiary/aromatic N) is 5. The van der Waals surface area contributed by atoms with Crippen molar-refractivity contribution in [2.24, 2.45) is 0 Å².